The van der Waals surface area contributed by atoms with Gasteiger partial charge < -0.3 is 15.7 Å². The number of carbonyl (C=O) groups is 1. The molecule has 8 heteroatoms. The molecule has 2 amide bonds. The number of anilines is 2. The maximum Gasteiger partial charge on any atom is 0.323 e. The van der Waals surface area contributed by atoms with Crippen molar-refractivity contribution in [1.82, 2.24) is 0 Å². The number of phenolic OH excluding ortho intramolecular Hbond substituents is 1. The Hall–Kier alpha value is -2.80. The third-order valence-corrected chi connectivity index (χ3v) is 2.78. The normalized spacial score (nSPS) is 9.95. The molecule has 0 aromatic heterocycles. The molecule has 0 aliphatic rings. The van der Waals surface area contributed by atoms with Crippen LogP contribution in [0.5, 0.6) is 5.75 Å². The Morgan fingerprint density at radius 3 is 2.43 bits per heavy atom. The van der Waals surface area contributed by atoms with Gasteiger partial charge in [0.15, 0.2) is 0 Å². The van der Waals surface area contributed by atoms with Gasteiger partial charge in [0, 0.05) is 10.7 Å². The average molecular weight is 308 g/mol. The van der Waals surface area contributed by atoms with Gasteiger partial charge in [-0.2, -0.15) is 0 Å². The summed E-state index contributed by atoms with van der Waals surface area (Å²) in [5.41, 5.74) is 0.0591. The molecule has 0 aliphatic carbocycles. The van der Waals surface area contributed by atoms with Gasteiger partial charge in [0.1, 0.15) is 11.4 Å². The quantitative estimate of drug-likeness (QED) is 0.457. The molecule has 2 aromatic carbocycles. The van der Waals surface area contributed by atoms with E-state index in [0.717, 1.165) is 6.07 Å². The number of hydrogen-bond donors (Lipinski definition) is 3. The molecule has 0 bridgehead atoms. The molecule has 2 rings (SSSR count). The fourth-order valence-electron chi connectivity index (χ4n) is 1.59. The zero-order valence-electron chi connectivity index (χ0n) is 10.5. The molecule has 0 unspecified atom stereocenters. The van der Waals surface area contributed by atoms with Gasteiger partial charge in [-0.1, -0.05) is 11.6 Å². The second-order valence-corrected chi connectivity index (χ2v) is 4.48. The zero-order valence-corrected chi connectivity index (χ0v) is 11.3. The van der Waals surface area contributed by atoms with E-state index in [1.165, 1.54) is 12.1 Å². The van der Waals surface area contributed by atoms with Crippen LogP contribution in [0.1, 0.15) is 0 Å². The van der Waals surface area contributed by atoms with Crippen molar-refractivity contribution in [3.63, 3.8) is 0 Å². The number of nitro groups is 1. The minimum Gasteiger partial charge on any atom is -0.508 e. The zero-order chi connectivity index (χ0) is 15.4. The molecule has 0 atom stereocenters. The number of carbonyl (C=O) groups excluding carboxylic acids is 1. The smallest absolute Gasteiger partial charge is 0.323 e. The summed E-state index contributed by atoms with van der Waals surface area (Å²) in [7, 11) is 0. The van der Waals surface area contributed by atoms with Gasteiger partial charge in [0.05, 0.1) is 11.0 Å². The fourth-order valence-corrected chi connectivity index (χ4v) is 1.72. The van der Waals surface area contributed by atoms with E-state index < -0.39 is 16.6 Å². The molecule has 0 spiro atoms. The highest BCUT2D eigenvalue weighted by Crippen LogP contribution is 2.28. The van der Waals surface area contributed by atoms with Crippen LogP contribution in [0.4, 0.5) is 21.9 Å². The van der Waals surface area contributed by atoms with Crippen LogP contribution >= 0.6 is 11.6 Å². The first-order chi connectivity index (χ1) is 9.95. The first-order valence-electron chi connectivity index (χ1n) is 5.76. The van der Waals surface area contributed by atoms with Crippen molar-refractivity contribution in [1.29, 1.82) is 0 Å². The number of amides is 2. The Labute approximate surface area is 124 Å². The Bertz CT molecular complexity index is 688. The van der Waals surface area contributed by atoms with Gasteiger partial charge in [-0.05, 0) is 36.4 Å². The van der Waals surface area contributed by atoms with Gasteiger partial charge >= 0.3 is 6.03 Å². The highest BCUT2D eigenvalue weighted by Gasteiger charge is 2.16. The second kappa shape index (κ2) is 6.10. The van der Waals surface area contributed by atoms with E-state index in [1.54, 1.807) is 24.3 Å². The lowest BCUT2D eigenvalue weighted by atomic mass is 10.2. The molecule has 2 aromatic rings. The lowest BCUT2D eigenvalue weighted by molar-refractivity contribution is -0.384. The van der Waals surface area contributed by atoms with Crippen LogP contribution in [0.15, 0.2) is 42.5 Å². The van der Waals surface area contributed by atoms with E-state index in [2.05, 4.69) is 10.6 Å². The summed E-state index contributed by atoms with van der Waals surface area (Å²) in [4.78, 5) is 21.9. The molecule has 0 aliphatic heterocycles. The van der Waals surface area contributed by atoms with Gasteiger partial charge in [0.2, 0.25) is 0 Å². The number of nitrogens with one attached hydrogen (secondary N) is 2. The summed E-state index contributed by atoms with van der Waals surface area (Å²) in [6.45, 7) is 0. The summed E-state index contributed by atoms with van der Waals surface area (Å²) >= 11 is 5.72. The highest BCUT2D eigenvalue weighted by atomic mass is 35.5. The average Bonchev–Trinajstić information content (AvgIpc) is 2.43. The SMILES string of the molecule is O=C(Nc1ccc(Cl)cc1)Nc1ccc(O)cc1[N+](=O)[O-]. The Kier molecular flexibility index (Phi) is 4.24. The molecule has 0 heterocycles. The van der Waals surface area contributed by atoms with Crippen molar-refractivity contribution in [2.45, 2.75) is 0 Å². The summed E-state index contributed by atoms with van der Waals surface area (Å²) < 4.78 is 0. The van der Waals surface area contributed by atoms with Crippen LogP contribution in [0.25, 0.3) is 0 Å². The van der Waals surface area contributed by atoms with E-state index in [-0.39, 0.29) is 11.4 Å². The van der Waals surface area contributed by atoms with Gasteiger partial charge in [0.25, 0.3) is 5.69 Å². The molecule has 0 saturated carbocycles. The standard InChI is InChI=1S/C13H10ClN3O4/c14-8-1-3-9(4-2-8)15-13(19)16-11-6-5-10(18)7-12(11)17(20)21/h1-7,18H,(H2,15,16,19). The third kappa shape index (κ3) is 3.83. The van der Waals surface area contributed by atoms with E-state index in [4.69, 9.17) is 11.6 Å². The van der Waals surface area contributed by atoms with Crippen molar-refractivity contribution in [2.24, 2.45) is 0 Å². The van der Waals surface area contributed by atoms with E-state index >= 15 is 0 Å². The highest BCUT2D eigenvalue weighted by molar-refractivity contribution is 6.30. The predicted octanol–water partition coefficient (Wildman–Crippen LogP) is 3.60. The van der Waals surface area contributed by atoms with E-state index in [0.29, 0.717) is 10.7 Å². The summed E-state index contributed by atoms with van der Waals surface area (Å²) in [6, 6.07) is 9.17. The van der Waals surface area contributed by atoms with E-state index in [9.17, 15) is 20.0 Å². The molecule has 7 nitrogen and oxygen atoms in total. The molecule has 0 saturated heterocycles. The largest absolute Gasteiger partial charge is 0.508 e. The van der Waals surface area contributed by atoms with Crippen LogP contribution in [-0.2, 0) is 0 Å². The monoisotopic (exact) mass is 307 g/mol. The minimum atomic E-state index is -0.697. The van der Waals surface area contributed by atoms with Crippen LogP contribution in [0.3, 0.4) is 0 Å². The number of phenols is 1. The molecular weight excluding hydrogens is 298 g/mol. The molecule has 108 valence electrons. The molecule has 0 fully saturated rings. The fraction of sp³-hybridized carbons (Fsp3) is 0. The van der Waals surface area contributed by atoms with Crippen molar-refractivity contribution >= 4 is 34.7 Å². The van der Waals surface area contributed by atoms with Crippen LogP contribution in [0.2, 0.25) is 5.02 Å². The number of hydrogen-bond acceptors (Lipinski definition) is 4. The van der Waals surface area contributed by atoms with Crippen LogP contribution < -0.4 is 10.6 Å². The Balaban J connectivity index is 2.12. The topological polar surface area (TPSA) is 104 Å². The van der Waals surface area contributed by atoms with Crippen LogP contribution in [0, 0.1) is 10.1 Å². The third-order valence-electron chi connectivity index (χ3n) is 2.53. The molecule has 3 N–H and O–H groups in total. The minimum absolute atomic E-state index is 0.0238. The van der Waals surface area contributed by atoms with Crippen molar-refractivity contribution < 1.29 is 14.8 Å². The van der Waals surface area contributed by atoms with Crippen molar-refractivity contribution in [3.8, 4) is 5.75 Å². The lowest BCUT2D eigenvalue weighted by Crippen LogP contribution is -2.20. The molecule has 0 radical (unpaired) electrons. The Morgan fingerprint density at radius 1 is 1.14 bits per heavy atom. The number of benzene rings is 2. The van der Waals surface area contributed by atoms with E-state index in [1.807, 2.05) is 0 Å². The van der Waals surface area contributed by atoms with Crippen molar-refractivity contribution in [2.75, 3.05) is 10.6 Å². The lowest BCUT2D eigenvalue weighted by Gasteiger charge is -2.08. The van der Waals surface area contributed by atoms with Crippen molar-refractivity contribution in [3.05, 3.63) is 57.6 Å². The van der Waals surface area contributed by atoms with Crippen LogP contribution in [-0.4, -0.2) is 16.1 Å². The first kappa shape index (κ1) is 14.6. The Morgan fingerprint density at radius 2 is 1.81 bits per heavy atom. The number of nitrogens with zero attached hydrogens (tertiary/aromatic N) is 1. The first-order valence-corrected chi connectivity index (χ1v) is 6.14. The molecular formula is C13H10ClN3O4. The predicted molar refractivity (Wildman–Crippen MR) is 78.9 cm³/mol. The molecule has 21 heavy (non-hydrogen) atoms. The maximum absolute atomic E-state index is 11.8. The summed E-state index contributed by atoms with van der Waals surface area (Å²) in [6.07, 6.45) is 0. The van der Waals surface area contributed by atoms with Gasteiger partial charge in [-0.3, -0.25) is 10.1 Å². The second-order valence-electron chi connectivity index (χ2n) is 4.04. The maximum atomic E-state index is 11.8. The number of aromatic hydroxyl groups is 1. The van der Waals surface area contributed by atoms with Gasteiger partial charge in [-0.25, -0.2) is 4.79 Å². The number of nitro benzene ring substituents is 1. The number of halogens is 1. The summed E-state index contributed by atoms with van der Waals surface area (Å²) in [5.74, 6) is -0.259. The summed E-state index contributed by atoms with van der Waals surface area (Å²) in [5, 5.41) is 25.5. The van der Waals surface area contributed by atoms with Gasteiger partial charge in [-0.15, -0.1) is 0 Å². The number of urea groups is 1. The number of rotatable bonds is 3.